The van der Waals surface area contributed by atoms with Gasteiger partial charge in [0.2, 0.25) is 17.6 Å². The first-order valence-corrected chi connectivity index (χ1v) is 10.5. The fourth-order valence-electron chi connectivity index (χ4n) is 3.42. The number of halogens is 3. The van der Waals surface area contributed by atoms with E-state index in [1.54, 1.807) is 17.8 Å². The zero-order valence-corrected chi connectivity index (χ0v) is 16.8. The lowest BCUT2D eigenvalue weighted by atomic mass is 10.1. The Morgan fingerprint density at radius 3 is 2.67 bits per heavy atom. The van der Waals surface area contributed by atoms with E-state index in [1.807, 2.05) is 30.5 Å². The van der Waals surface area contributed by atoms with Gasteiger partial charge in [0.05, 0.1) is 11.5 Å². The van der Waals surface area contributed by atoms with Crippen molar-refractivity contribution in [3.63, 3.8) is 0 Å². The molecule has 1 aliphatic heterocycles. The standard InChI is InChI=1S/C21H18F3N3O2S/c1-30-17-7-5-14(6-8-17)19-25-20(29-26-19)15-10-18(28)27(12-15)11-13-3-2-4-16(9-13)21(22,23)24/h2-9,15H,10-12H2,1H3. The van der Waals surface area contributed by atoms with Crippen LogP contribution in [0, 0.1) is 0 Å². The van der Waals surface area contributed by atoms with Crippen LogP contribution in [0.25, 0.3) is 11.4 Å². The molecular formula is C21H18F3N3O2S. The largest absolute Gasteiger partial charge is 0.416 e. The van der Waals surface area contributed by atoms with Crippen LogP contribution in [0.2, 0.25) is 0 Å². The van der Waals surface area contributed by atoms with Crippen molar-refractivity contribution < 1.29 is 22.5 Å². The first-order chi connectivity index (χ1) is 14.3. The molecule has 0 radical (unpaired) electrons. The van der Waals surface area contributed by atoms with Crippen LogP contribution < -0.4 is 0 Å². The van der Waals surface area contributed by atoms with Crippen LogP contribution in [0.15, 0.2) is 57.9 Å². The smallest absolute Gasteiger partial charge is 0.339 e. The van der Waals surface area contributed by atoms with Crippen molar-refractivity contribution in [1.29, 1.82) is 0 Å². The number of rotatable bonds is 5. The van der Waals surface area contributed by atoms with Crippen molar-refractivity contribution in [2.45, 2.75) is 30.0 Å². The third-order valence-electron chi connectivity index (χ3n) is 4.98. The molecule has 1 aliphatic rings. The molecule has 0 aliphatic carbocycles. The molecule has 9 heteroatoms. The number of carbonyl (C=O) groups is 1. The van der Waals surface area contributed by atoms with Crippen LogP contribution in [-0.2, 0) is 17.5 Å². The second-order valence-corrected chi connectivity index (χ2v) is 7.94. The van der Waals surface area contributed by atoms with Gasteiger partial charge in [0.1, 0.15) is 0 Å². The van der Waals surface area contributed by atoms with E-state index in [0.29, 0.717) is 23.8 Å². The van der Waals surface area contributed by atoms with Gasteiger partial charge in [-0.25, -0.2) is 0 Å². The number of benzene rings is 2. The molecule has 4 rings (SSSR count). The van der Waals surface area contributed by atoms with Crippen LogP contribution in [-0.4, -0.2) is 33.7 Å². The van der Waals surface area contributed by atoms with Crippen LogP contribution in [0.1, 0.15) is 29.4 Å². The molecule has 0 saturated carbocycles. The zero-order valence-electron chi connectivity index (χ0n) is 16.0. The molecule has 1 fully saturated rings. The number of hydrogen-bond donors (Lipinski definition) is 0. The van der Waals surface area contributed by atoms with Gasteiger partial charge in [0, 0.05) is 30.0 Å². The van der Waals surface area contributed by atoms with E-state index in [9.17, 15) is 18.0 Å². The zero-order chi connectivity index (χ0) is 21.3. The summed E-state index contributed by atoms with van der Waals surface area (Å²) in [5, 5.41) is 4.01. The lowest BCUT2D eigenvalue weighted by molar-refractivity contribution is -0.137. The molecule has 1 unspecified atom stereocenters. The van der Waals surface area contributed by atoms with Gasteiger partial charge in [-0.15, -0.1) is 11.8 Å². The Balaban J connectivity index is 1.46. The van der Waals surface area contributed by atoms with Crippen LogP contribution in [0.4, 0.5) is 13.2 Å². The predicted octanol–water partition coefficient (Wildman–Crippen LogP) is 4.99. The lowest BCUT2D eigenvalue weighted by Crippen LogP contribution is -2.24. The number of amides is 1. The second kappa shape index (κ2) is 8.14. The minimum absolute atomic E-state index is 0.108. The third-order valence-corrected chi connectivity index (χ3v) is 5.73. The number of carbonyl (C=O) groups excluding carboxylic acids is 1. The molecule has 0 spiro atoms. The summed E-state index contributed by atoms with van der Waals surface area (Å²) >= 11 is 1.63. The fraction of sp³-hybridized carbons (Fsp3) is 0.286. The van der Waals surface area contributed by atoms with Gasteiger partial charge >= 0.3 is 6.18 Å². The van der Waals surface area contributed by atoms with Crippen molar-refractivity contribution >= 4 is 17.7 Å². The Hall–Kier alpha value is -2.81. The number of thioether (sulfide) groups is 1. The number of nitrogens with zero attached hydrogens (tertiary/aromatic N) is 3. The summed E-state index contributed by atoms with van der Waals surface area (Å²) in [6.45, 7) is 0.429. The average molecular weight is 433 g/mol. The van der Waals surface area contributed by atoms with Gasteiger partial charge in [-0.2, -0.15) is 18.2 Å². The highest BCUT2D eigenvalue weighted by Crippen LogP contribution is 2.32. The van der Waals surface area contributed by atoms with Gasteiger partial charge in [0.15, 0.2) is 0 Å². The maximum Gasteiger partial charge on any atom is 0.416 e. The molecule has 30 heavy (non-hydrogen) atoms. The maximum atomic E-state index is 12.9. The molecule has 2 aromatic carbocycles. The molecule has 156 valence electrons. The highest BCUT2D eigenvalue weighted by molar-refractivity contribution is 7.98. The molecule has 0 bridgehead atoms. The van der Waals surface area contributed by atoms with Crippen molar-refractivity contribution in [3.05, 3.63) is 65.5 Å². The van der Waals surface area contributed by atoms with Crippen molar-refractivity contribution in [1.82, 2.24) is 15.0 Å². The van der Waals surface area contributed by atoms with E-state index >= 15 is 0 Å². The quantitative estimate of drug-likeness (QED) is 0.531. The SMILES string of the molecule is CSc1ccc(-c2noc(C3CC(=O)N(Cc4cccc(C(F)(F)F)c4)C3)n2)cc1. The second-order valence-electron chi connectivity index (χ2n) is 7.06. The highest BCUT2D eigenvalue weighted by Gasteiger charge is 2.35. The summed E-state index contributed by atoms with van der Waals surface area (Å²) in [7, 11) is 0. The first kappa shape index (κ1) is 20.5. The summed E-state index contributed by atoms with van der Waals surface area (Å²) in [6.07, 6.45) is -2.24. The number of hydrogen-bond acceptors (Lipinski definition) is 5. The molecule has 1 aromatic heterocycles. The fourth-order valence-corrected chi connectivity index (χ4v) is 3.82. The predicted molar refractivity (Wildman–Crippen MR) is 106 cm³/mol. The summed E-state index contributed by atoms with van der Waals surface area (Å²) in [5.41, 5.74) is 0.518. The molecule has 2 heterocycles. The monoisotopic (exact) mass is 433 g/mol. The maximum absolute atomic E-state index is 12.9. The van der Waals surface area contributed by atoms with E-state index in [4.69, 9.17) is 4.52 Å². The Morgan fingerprint density at radius 2 is 1.97 bits per heavy atom. The normalized spacial score (nSPS) is 17.0. The Morgan fingerprint density at radius 1 is 1.20 bits per heavy atom. The molecule has 1 amide bonds. The molecule has 5 nitrogen and oxygen atoms in total. The Labute approximate surface area is 175 Å². The minimum Gasteiger partial charge on any atom is -0.339 e. The van der Waals surface area contributed by atoms with Gasteiger partial charge in [-0.1, -0.05) is 17.3 Å². The Kier molecular flexibility index (Phi) is 5.55. The number of likely N-dealkylation sites (tertiary alicyclic amines) is 1. The summed E-state index contributed by atoms with van der Waals surface area (Å²) in [4.78, 5) is 19.5. The van der Waals surface area contributed by atoms with Crippen LogP contribution in [0.5, 0.6) is 0 Å². The van der Waals surface area contributed by atoms with Gasteiger partial charge in [-0.3, -0.25) is 4.79 Å². The highest BCUT2D eigenvalue weighted by atomic mass is 32.2. The van der Waals surface area contributed by atoms with Gasteiger partial charge < -0.3 is 9.42 Å². The minimum atomic E-state index is -4.41. The third kappa shape index (κ3) is 4.35. The van der Waals surface area contributed by atoms with Crippen LogP contribution in [0.3, 0.4) is 0 Å². The average Bonchev–Trinajstić information content (AvgIpc) is 3.35. The topological polar surface area (TPSA) is 59.2 Å². The number of aromatic nitrogens is 2. The lowest BCUT2D eigenvalue weighted by Gasteiger charge is -2.17. The van der Waals surface area contributed by atoms with Gasteiger partial charge in [-0.05, 0) is 48.2 Å². The van der Waals surface area contributed by atoms with Gasteiger partial charge in [0.25, 0.3) is 0 Å². The van der Waals surface area contributed by atoms with E-state index < -0.39 is 11.7 Å². The summed E-state index contributed by atoms with van der Waals surface area (Å²) < 4.78 is 44.1. The first-order valence-electron chi connectivity index (χ1n) is 9.25. The molecule has 3 aromatic rings. The van der Waals surface area contributed by atoms with Crippen LogP contribution >= 0.6 is 11.8 Å². The molecule has 1 atom stereocenters. The molecular weight excluding hydrogens is 415 g/mol. The van der Waals surface area contributed by atoms with Crippen molar-refractivity contribution in [2.24, 2.45) is 0 Å². The van der Waals surface area contributed by atoms with E-state index in [0.717, 1.165) is 22.6 Å². The molecule has 1 saturated heterocycles. The van der Waals surface area contributed by atoms with Crippen molar-refractivity contribution in [3.8, 4) is 11.4 Å². The molecule has 0 N–H and O–H groups in total. The summed E-state index contributed by atoms with van der Waals surface area (Å²) in [5.74, 6) is 0.372. The summed E-state index contributed by atoms with van der Waals surface area (Å²) in [6, 6.07) is 12.8. The van der Waals surface area contributed by atoms with E-state index in [-0.39, 0.29) is 24.8 Å². The van der Waals surface area contributed by atoms with E-state index in [2.05, 4.69) is 10.1 Å². The van der Waals surface area contributed by atoms with E-state index in [1.165, 1.54) is 11.0 Å². The van der Waals surface area contributed by atoms with Crippen molar-refractivity contribution in [2.75, 3.05) is 12.8 Å². The number of alkyl halides is 3. The Bertz CT molecular complexity index is 1050.